The van der Waals surface area contributed by atoms with Crippen molar-refractivity contribution in [1.29, 1.82) is 0 Å². The Morgan fingerprint density at radius 3 is 2.90 bits per heavy atom. The van der Waals surface area contributed by atoms with Crippen LogP contribution in [0.3, 0.4) is 0 Å². The molecule has 1 N–H and O–H groups in total. The number of rotatable bonds is 2. The number of carbonyl (C=O) groups excluding carboxylic acids is 1. The van der Waals surface area contributed by atoms with Crippen LogP contribution >= 0.6 is 0 Å². The number of benzene rings is 1. The molecule has 0 radical (unpaired) electrons. The summed E-state index contributed by atoms with van der Waals surface area (Å²) in [4.78, 5) is 16.6. The monoisotopic (exact) mass is 269 g/mol. The highest BCUT2D eigenvalue weighted by Gasteiger charge is 2.16. The molecule has 3 aromatic rings. The number of hydrogen-bond donors (Lipinski definition) is 1. The second-order valence-corrected chi connectivity index (χ2v) is 4.44. The second kappa shape index (κ2) is 4.77. The maximum Gasteiger partial charge on any atom is 0.274 e. The predicted molar refractivity (Wildman–Crippen MR) is 74.3 cm³/mol. The van der Waals surface area contributed by atoms with Gasteiger partial charge >= 0.3 is 0 Å². The molecule has 2 aromatic heterocycles. The molecule has 0 saturated carbocycles. The summed E-state index contributed by atoms with van der Waals surface area (Å²) in [6, 6.07) is 11.3. The van der Waals surface area contributed by atoms with Crippen molar-refractivity contribution in [2.24, 2.45) is 0 Å². The molecule has 100 valence electrons. The minimum atomic E-state index is -0.391. The number of nitrogens with zero attached hydrogens (tertiary/aromatic N) is 2. The molecule has 0 saturated heterocycles. The number of carbonyl (C=O) groups is 1. The van der Waals surface area contributed by atoms with Crippen molar-refractivity contribution in [2.45, 2.75) is 6.92 Å². The van der Waals surface area contributed by atoms with Gasteiger partial charge in [-0.15, -0.1) is 0 Å². The molecule has 4 nitrogen and oxygen atoms in total. The molecule has 5 heteroatoms. The molecule has 3 rings (SSSR count). The van der Waals surface area contributed by atoms with Crippen LogP contribution in [0.4, 0.5) is 10.1 Å². The minimum absolute atomic E-state index is 0.313. The SMILES string of the molecule is Cc1nc2ccccn2c1C(=O)Nc1cccc(F)c1. The largest absolute Gasteiger partial charge is 0.321 e. The van der Waals surface area contributed by atoms with Crippen LogP contribution in [-0.4, -0.2) is 15.3 Å². The normalized spacial score (nSPS) is 10.7. The van der Waals surface area contributed by atoms with Crippen LogP contribution in [0.15, 0.2) is 48.7 Å². The highest BCUT2D eigenvalue weighted by atomic mass is 19.1. The highest BCUT2D eigenvalue weighted by molar-refractivity contribution is 6.04. The molecule has 0 atom stereocenters. The average Bonchev–Trinajstić information content (AvgIpc) is 2.74. The lowest BCUT2D eigenvalue weighted by atomic mass is 10.2. The van der Waals surface area contributed by atoms with E-state index >= 15 is 0 Å². The Bertz CT molecular complexity index is 795. The van der Waals surface area contributed by atoms with E-state index in [0.29, 0.717) is 22.7 Å². The van der Waals surface area contributed by atoms with Gasteiger partial charge in [-0.2, -0.15) is 0 Å². The lowest BCUT2D eigenvalue weighted by Gasteiger charge is -2.06. The van der Waals surface area contributed by atoms with Crippen molar-refractivity contribution in [3.05, 3.63) is 65.9 Å². The van der Waals surface area contributed by atoms with E-state index in [-0.39, 0.29) is 5.91 Å². The molecule has 0 aliphatic carbocycles. The van der Waals surface area contributed by atoms with E-state index in [2.05, 4.69) is 10.3 Å². The Morgan fingerprint density at radius 2 is 2.10 bits per heavy atom. The van der Waals surface area contributed by atoms with Crippen molar-refractivity contribution in [3.63, 3.8) is 0 Å². The summed E-state index contributed by atoms with van der Waals surface area (Å²) in [5, 5.41) is 2.68. The van der Waals surface area contributed by atoms with Crippen LogP contribution in [0.5, 0.6) is 0 Å². The van der Waals surface area contributed by atoms with Crippen molar-refractivity contribution in [3.8, 4) is 0 Å². The van der Waals surface area contributed by atoms with Gasteiger partial charge in [0, 0.05) is 11.9 Å². The van der Waals surface area contributed by atoms with Crippen molar-refractivity contribution in [2.75, 3.05) is 5.32 Å². The number of hydrogen-bond acceptors (Lipinski definition) is 2. The number of anilines is 1. The molecule has 1 aromatic carbocycles. The third-order valence-electron chi connectivity index (χ3n) is 3.00. The Morgan fingerprint density at radius 1 is 1.25 bits per heavy atom. The topological polar surface area (TPSA) is 46.4 Å². The van der Waals surface area contributed by atoms with E-state index < -0.39 is 5.82 Å². The van der Waals surface area contributed by atoms with E-state index in [9.17, 15) is 9.18 Å². The van der Waals surface area contributed by atoms with Crippen LogP contribution in [0.1, 0.15) is 16.2 Å². The second-order valence-electron chi connectivity index (χ2n) is 4.44. The third kappa shape index (κ3) is 2.14. The van der Waals surface area contributed by atoms with Gasteiger partial charge in [-0.1, -0.05) is 12.1 Å². The fourth-order valence-corrected chi connectivity index (χ4v) is 2.14. The smallest absolute Gasteiger partial charge is 0.274 e. The van der Waals surface area contributed by atoms with Crippen molar-refractivity contribution >= 4 is 17.2 Å². The summed E-state index contributed by atoms with van der Waals surface area (Å²) in [5.74, 6) is -0.704. The molecular formula is C15H12FN3O. The molecular weight excluding hydrogens is 257 g/mol. The predicted octanol–water partition coefficient (Wildman–Crippen LogP) is 3.03. The van der Waals surface area contributed by atoms with Gasteiger partial charge in [0.25, 0.3) is 5.91 Å². The van der Waals surface area contributed by atoms with E-state index in [1.165, 1.54) is 12.1 Å². The lowest BCUT2D eigenvalue weighted by molar-refractivity contribution is 0.102. The summed E-state index contributed by atoms with van der Waals surface area (Å²) >= 11 is 0. The zero-order valence-corrected chi connectivity index (χ0v) is 10.8. The number of aromatic nitrogens is 2. The molecule has 0 fully saturated rings. The van der Waals surface area contributed by atoms with Crippen LogP contribution < -0.4 is 5.32 Å². The maximum atomic E-state index is 13.1. The first-order valence-electron chi connectivity index (χ1n) is 6.16. The molecule has 0 aliphatic rings. The molecule has 1 amide bonds. The summed E-state index contributed by atoms with van der Waals surface area (Å²) in [6.45, 7) is 1.77. The average molecular weight is 269 g/mol. The van der Waals surface area contributed by atoms with Gasteiger partial charge in [0.15, 0.2) is 0 Å². The summed E-state index contributed by atoms with van der Waals surface area (Å²) in [7, 11) is 0. The lowest BCUT2D eigenvalue weighted by Crippen LogP contribution is -2.15. The van der Waals surface area contributed by atoms with E-state index in [1.807, 2.05) is 18.2 Å². The van der Waals surface area contributed by atoms with Crippen LogP contribution in [0.25, 0.3) is 5.65 Å². The van der Waals surface area contributed by atoms with Gasteiger partial charge < -0.3 is 5.32 Å². The van der Waals surface area contributed by atoms with Gasteiger partial charge in [0.05, 0.1) is 5.69 Å². The van der Waals surface area contributed by atoms with Gasteiger partial charge in [0.1, 0.15) is 17.2 Å². The fourth-order valence-electron chi connectivity index (χ4n) is 2.14. The Labute approximate surface area is 114 Å². The minimum Gasteiger partial charge on any atom is -0.321 e. The Kier molecular flexibility index (Phi) is 2.95. The summed E-state index contributed by atoms with van der Waals surface area (Å²) in [5.41, 5.74) is 2.20. The first-order valence-corrected chi connectivity index (χ1v) is 6.16. The summed E-state index contributed by atoms with van der Waals surface area (Å²) < 4.78 is 14.8. The number of imidazole rings is 1. The highest BCUT2D eigenvalue weighted by Crippen LogP contribution is 2.15. The van der Waals surface area contributed by atoms with Crippen LogP contribution in [0, 0.1) is 12.7 Å². The maximum absolute atomic E-state index is 13.1. The number of fused-ring (bicyclic) bond motifs is 1. The van der Waals surface area contributed by atoms with Gasteiger partial charge in [0.2, 0.25) is 0 Å². The first-order chi connectivity index (χ1) is 9.65. The Balaban J connectivity index is 1.99. The summed E-state index contributed by atoms with van der Waals surface area (Å²) in [6.07, 6.45) is 1.77. The zero-order valence-electron chi connectivity index (χ0n) is 10.8. The van der Waals surface area contributed by atoms with Crippen LogP contribution in [0.2, 0.25) is 0 Å². The Hall–Kier alpha value is -2.69. The van der Waals surface area contributed by atoms with E-state index in [1.54, 1.807) is 29.7 Å². The zero-order chi connectivity index (χ0) is 14.1. The van der Waals surface area contributed by atoms with Crippen LogP contribution in [-0.2, 0) is 0 Å². The number of pyridine rings is 1. The number of aryl methyl sites for hydroxylation is 1. The van der Waals surface area contributed by atoms with Crippen molar-refractivity contribution < 1.29 is 9.18 Å². The molecule has 0 bridgehead atoms. The number of amides is 1. The van der Waals surface area contributed by atoms with Gasteiger partial charge in [-0.05, 0) is 37.3 Å². The quantitative estimate of drug-likeness (QED) is 0.777. The molecule has 0 spiro atoms. The fraction of sp³-hybridized carbons (Fsp3) is 0.0667. The van der Waals surface area contributed by atoms with E-state index in [0.717, 1.165) is 0 Å². The molecule has 20 heavy (non-hydrogen) atoms. The third-order valence-corrected chi connectivity index (χ3v) is 3.00. The van der Waals surface area contributed by atoms with E-state index in [4.69, 9.17) is 0 Å². The first kappa shape index (κ1) is 12.3. The molecule has 2 heterocycles. The molecule has 0 aliphatic heterocycles. The molecule has 0 unspecified atom stereocenters. The standard InChI is InChI=1S/C15H12FN3O/c1-10-14(19-8-3-2-7-13(19)17-10)15(20)18-12-6-4-5-11(16)9-12/h2-9H,1H3,(H,18,20). The van der Waals surface area contributed by atoms with Gasteiger partial charge in [-0.25, -0.2) is 9.37 Å². The number of nitrogens with one attached hydrogen (secondary N) is 1. The van der Waals surface area contributed by atoms with Gasteiger partial charge in [-0.3, -0.25) is 9.20 Å². The number of halogens is 1. The van der Waals surface area contributed by atoms with Crippen molar-refractivity contribution in [1.82, 2.24) is 9.38 Å².